The van der Waals surface area contributed by atoms with Crippen molar-refractivity contribution < 1.29 is 9.53 Å². The first-order chi connectivity index (χ1) is 5.65. The minimum Gasteiger partial charge on any atom is -0.497 e. The van der Waals surface area contributed by atoms with Gasteiger partial charge in [0.1, 0.15) is 5.75 Å². The number of primary amides is 1. The predicted molar refractivity (Wildman–Crippen MR) is 48.8 cm³/mol. The Hall–Kier alpha value is -1.16. The molecule has 0 saturated heterocycles. The molecule has 0 aliphatic carbocycles. The molecular formula is C8H9NO2S. The molecule has 0 aliphatic heterocycles. The van der Waals surface area contributed by atoms with Crippen molar-refractivity contribution in [1.82, 2.24) is 0 Å². The van der Waals surface area contributed by atoms with Crippen molar-refractivity contribution in [3.05, 3.63) is 23.8 Å². The summed E-state index contributed by atoms with van der Waals surface area (Å²) in [6.07, 6.45) is 0. The van der Waals surface area contributed by atoms with E-state index in [1.165, 1.54) is 0 Å². The monoisotopic (exact) mass is 183 g/mol. The third-order valence-electron chi connectivity index (χ3n) is 1.47. The maximum absolute atomic E-state index is 10.8. The molecule has 0 radical (unpaired) electrons. The van der Waals surface area contributed by atoms with Crippen LogP contribution in [-0.4, -0.2) is 13.0 Å². The van der Waals surface area contributed by atoms with E-state index in [0.29, 0.717) is 16.2 Å². The van der Waals surface area contributed by atoms with Gasteiger partial charge in [-0.3, -0.25) is 4.79 Å². The van der Waals surface area contributed by atoms with Crippen LogP contribution in [0.25, 0.3) is 0 Å². The summed E-state index contributed by atoms with van der Waals surface area (Å²) in [5.41, 5.74) is 5.48. The van der Waals surface area contributed by atoms with Crippen molar-refractivity contribution in [3.8, 4) is 5.75 Å². The van der Waals surface area contributed by atoms with Crippen LogP contribution >= 0.6 is 12.6 Å². The number of benzene rings is 1. The molecule has 0 fully saturated rings. The second kappa shape index (κ2) is 3.49. The van der Waals surface area contributed by atoms with Crippen molar-refractivity contribution in [2.24, 2.45) is 5.73 Å². The van der Waals surface area contributed by atoms with Crippen molar-refractivity contribution in [2.45, 2.75) is 4.90 Å². The fraction of sp³-hybridized carbons (Fsp3) is 0.125. The molecule has 0 saturated carbocycles. The van der Waals surface area contributed by atoms with Gasteiger partial charge in [-0.25, -0.2) is 0 Å². The van der Waals surface area contributed by atoms with E-state index in [2.05, 4.69) is 12.6 Å². The highest BCUT2D eigenvalue weighted by molar-refractivity contribution is 7.80. The van der Waals surface area contributed by atoms with Crippen LogP contribution in [-0.2, 0) is 0 Å². The zero-order valence-electron chi connectivity index (χ0n) is 6.57. The van der Waals surface area contributed by atoms with Gasteiger partial charge >= 0.3 is 0 Å². The highest BCUT2D eigenvalue weighted by Gasteiger charge is 2.05. The summed E-state index contributed by atoms with van der Waals surface area (Å²) >= 11 is 4.08. The van der Waals surface area contributed by atoms with Crippen LogP contribution in [0.2, 0.25) is 0 Å². The van der Waals surface area contributed by atoms with Crippen molar-refractivity contribution in [3.63, 3.8) is 0 Å². The number of carbonyl (C=O) groups is 1. The first-order valence-electron chi connectivity index (χ1n) is 3.32. The molecule has 0 bridgehead atoms. The number of hydrogen-bond donors (Lipinski definition) is 2. The van der Waals surface area contributed by atoms with Gasteiger partial charge in [0.05, 0.1) is 12.7 Å². The van der Waals surface area contributed by atoms with Gasteiger partial charge in [-0.05, 0) is 18.2 Å². The van der Waals surface area contributed by atoms with Crippen LogP contribution in [0.5, 0.6) is 5.75 Å². The van der Waals surface area contributed by atoms with Gasteiger partial charge in [0.15, 0.2) is 0 Å². The third kappa shape index (κ3) is 1.71. The third-order valence-corrected chi connectivity index (χ3v) is 1.84. The van der Waals surface area contributed by atoms with E-state index < -0.39 is 5.91 Å². The lowest BCUT2D eigenvalue weighted by molar-refractivity contribution is 0.0997. The summed E-state index contributed by atoms with van der Waals surface area (Å²) in [6.45, 7) is 0. The average Bonchev–Trinajstić information content (AvgIpc) is 2.03. The lowest BCUT2D eigenvalue weighted by Crippen LogP contribution is -2.11. The highest BCUT2D eigenvalue weighted by Crippen LogP contribution is 2.19. The second-order valence-corrected chi connectivity index (χ2v) is 2.73. The molecule has 1 aromatic carbocycles. The summed E-state index contributed by atoms with van der Waals surface area (Å²) in [6, 6.07) is 4.90. The van der Waals surface area contributed by atoms with Gasteiger partial charge in [0, 0.05) is 4.90 Å². The van der Waals surface area contributed by atoms with E-state index >= 15 is 0 Å². The smallest absolute Gasteiger partial charge is 0.249 e. The molecule has 1 rings (SSSR count). The topological polar surface area (TPSA) is 52.3 Å². The normalized spacial score (nSPS) is 9.50. The minimum atomic E-state index is -0.484. The van der Waals surface area contributed by atoms with Gasteiger partial charge in [-0.2, -0.15) is 0 Å². The Balaban J connectivity index is 3.12. The molecular weight excluding hydrogens is 174 g/mol. The second-order valence-electron chi connectivity index (χ2n) is 2.25. The van der Waals surface area contributed by atoms with E-state index in [9.17, 15) is 4.79 Å². The largest absolute Gasteiger partial charge is 0.497 e. The van der Waals surface area contributed by atoms with Crippen LogP contribution in [0.4, 0.5) is 0 Å². The van der Waals surface area contributed by atoms with Gasteiger partial charge in [0.25, 0.3) is 0 Å². The molecule has 1 aromatic rings. The maximum Gasteiger partial charge on any atom is 0.249 e. The molecule has 64 valence electrons. The summed E-state index contributed by atoms with van der Waals surface area (Å²) in [5, 5.41) is 0. The number of methoxy groups -OCH3 is 1. The Bertz CT molecular complexity index is 312. The Labute approximate surface area is 75.9 Å². The van der Waals surface area contributed by atoms with Crippen molar-refractivity contribution >= 4 is 18.5 Å². The molecule has 1 amide bonds. The number of carbonyl (C=O) groups excluding carboxylic acids is 1. The van der Waals surface area contributed by atoms with Crippen molar-refractivity contribution in [2.75, 3.05) is 7.11 Å². The van der Waals surface area contributed by atoms with E-state index in [4.69, 9.17) is 10.5 Å². The predicted octanol–water partition coefficient (Wildman–Crippen LogP) is 1.08. The van der Waals surface area contributed by atoms with E-state index in [1.807, 2.05) is 0 Å². The fourth-order valence-electron chi connectivity index (χ4n) is 0.847. The average molecular weight is 183 g/mol. The molecule has 12 heavy (non-hydrogen) atoms. The molecule has 2 N–H and O–H groups in total. The van der Waals surface area contributed by atoms with E-state index in [1.54, 1.807) is 25.3 Å². The Morgan fingerprint density at radius 2 is 2.25 bits per heavy atom. The summed E-state index contributed by atoms with van der Waals surface area (Å²) in [7, 11) is 1.55. The summed E-state index contributed by atoms with van der Waals surface area (Å²) in [5.74, 6) is 0.174. The number of nitrogens with two attached hydrogens (primary N) is 1. The number of amides is 1. The summed E-state index contributed by atoms with van der Waals surface area (Å²) < 4.78 is 4.93. The molecule has 0 aliphatic rings. The highest BCUT2D eigenvalue weighted by atomic mass is 32.1. The Kier molecular flexibility index (Phi) is 2.60. The molecule has 0 aromatic heterocycles. The first-order valence-corrected chi connectivity index (χ1v) is 3.76. The zero-order chi connectivity index (χ0) is 9.14. The maximum atomic E-state index is 10.8. The van der Waals surface area contributed by atoms with E-state index in [-0.39, 0.29) is 0 Å². The molecule has 0 unspecified atom stereocenters. The van der Waals surface area contributed by atoms with Crippen LogP contribution in [0, 0.1) is 0 Å². The Morgan fingerprint density at radius 3 is 2.67 bits per heavy atom. The first kappa shape index (κ1) is 8.93. The number of rotatable bonds is 2. The molecule has 0 spiro atoms. The molecule has 0 atom stereocenters. The lowest BCUT2D eigenvalue weighted by atomic mass is 10.2. The van der Waals surface area contributed by atoms with Gasteiger partial charge < -0.3 is 10.5 Å². The summed E-state index contributed by atoms with van der Waals surface area (Å²) in [4.78, 5) is 11.3. The number of thiol groups is 1. The van der Waals surface area contributed by atoms with Crippen LogP contribution < -0.4 is 10.5 Å². The number of hydrogen-bond acceptors (Lipinski definition) is 3. The number of ether oxygens (including phenoxy) is 1. The van der Waals surface area contributed by atoms with Gasteiger partial charge in [0.2, 0.25) is 5.91 Å². The SMILES string of the molecule is COc1ccc(C(N)=O)c(S)c1. The fourth-order valence-corrected chi connectivity index (χ4v) is 1.16. The molecule has 4 heteroatoms. The lowest BCUT2D eigenvalue weighted by Gasteiger charge is -2.03. The van der Waals surface area contributed by atoms with Crippen molar-refractivity contribution in [1.29, 1.82) is 0 Å². The van der Waals surface area contributed by atoms with Crippen LogP contribution in [0.3, 0.4) is 0 Å². The standard InChI is InChI=1S/C8H9NO2S/c1-11-5-2-3-6(8(9)10)7(12)4-5/h2-4,12H,1H3,(H2,9,10). The minimum absolute atomic E-state index is 0.402. The Morgan fingerprint density at radius 1 is 1.58 bits per heavy atom. The zero-order valence-corrected chi connectivity index (χ0v) is 7.47. The van der Waals surface area contributed by atoms with E-state index in [0.717, 1.165) is 0 Å². The quantitative estimate of drug-likeness (QED) is 0.674. The van der Waals surface area contributed by atoms with Crippen LogP contribution in [0.1, 0.15) is 10.4 Å². The molecule has 0 heterocycles. The van der Waals surface area contributed by atoms with Crippen LogP contribution in [0.15, 0.2) is 23.1 Å². The van der Waals surface area contributed by atoms with Gasteiger partial charge in [-0.1, -0.05) is 0 Å². The van der Waals surface area contributed by atoms with Gasteiger partial charge in [-0.15, -0.1) is 12.6 Å². The molecule has 3 nitrogen and oxygen atoms in total.